The minimum absolute atomic E-state index is 0.0202. The molecule has 1 unspecified atom stereocenters. The summed E-state index contributed by atoms with van der Waals surface area (Å²) < 4.78 is 32.8. The van der Waals surface area contributed by atoms with Gasteiger partial charge in [0, 0.05) is 30.6 Å². The van der Waals surface area contributed by atoms with Crippen LogP contribution in [-0.4, -0.2) is 33.7 Å². The molecule has 0 radical (unpaired) electrons. The first-order valence-corrected chi connectivity index (χ1v) is 9.21. The van der Waals surface area contributed by atoms with Crippen molar-refractivity contribution in [1.82, 2.24) is 10.0 Å². The summed E-state index contributed by atoms with van der Waals surface area (Å²) in [6.07, 6.45) is 1.96. The first-order chi connectivity index (χ1) is 9.47. The zero-order valence-electron chi connectivity index (χ0n) is 11.9. The summed E-state index contributed by atoms with van der Waals surface area (Å²) in [5.74, 6) is 0. The molecular formula is C13H22N2O3S2. The summed E-state index contributed by atoms with van der Waals surface area (Å²) in [5, 5.41) is 3.28. The third kappa shape index (κ3) is 4.53. The summed E-state index contributed by atoms with van der Waals surface area (Å²) in [6, 6.07) is 3.91. The molecule has 2 heterocycles. The molecule has 0 aliphatic carbocycles. The first-order valence-electron chi connectivity index (χ1n) is 6.91. The van der Waals surface area contributed by atoms with E-state index in [-0.39, 0.29) is 6.10 Å². The molecule has 0 saturated carbocycles. The Morgan fingerprint density at radius 1 is 1.45 bits per heavy atom. The van der Waals surface area contributed by atoms with Gasteiger partial charge in [0.15, 0.2) is 0 Å². The van der Waals surface area contributed by atoms with Crippen molar-refractivity contribution in [1.29, 1.82) is 0 Å². The molecule has 2 rings (SSSR count). The molecule has 20 heavy (non-hydrogen) atoms. The van der Waals surface area contributed by atoms with Crippen molar-refractivity contribution in [3.63, 3.8) is 0 Å². The maximum atomic E-state index is 12.2. The molecule has 1 aliphatic rings. The normalized spacial score (nSPS) is 19.9. The van der Waals surface area contributed by atoms with Crippen LogP contribution in [0.3, 0.4) is 0 Å². The van der Waals surface area contributed by atoms with Crippen molar-refractivity contribution >= 4 is 21.4 Å². The maximum Gasteiger partial charge on any atom is 0.250 e. The van der Waals surface area contributed by atoms with Crippen molar-refractivity contribution in [3.8, 4) is 0 Å². The van der Waals surface area contributed by atoms with E-state index in [0.717, 1.165) is 24.3 Å². The van der Waals surface area contributed by atoms with Crippen LogP contribution in [0.25, 0.3) is 0 Å². The van der Waals surface area contributed by atoms with E-state index in [0.29, 0.717) is 23.3 Å². The monoisotopic (exact) mass is 318 g/mol. The van der Waals surface area contributed by atoms with Gasteiger partial charge in [-0.2, -0.15) is 0 Å². The first kappa shape index (κ1) is 15.9. The zero-order chi connectivity index (χ0) is 14.6. The van der Waals surface area contributed by atoms with Gasteiger partial charge in [-0.05, 0) is 25.0 Å². The standard InChI is InChI=1S/C13H22N2O3S2/c1-10(2)14-9-12-5-6-13(19-12)20(16,17)15-8-11-4-3-7-18-11/h5-6,10-11,14-15H,3-4,7-9H2,1-2H3. The predicted molar refractivity (Wildman–Crippen MR) is 80.5 cm³/mol. The number of sulfonamides is 1. The lowest BCUT2D eigenvalue weighted by Gasteiger charge is -2.10. The fourth-order valence-corrected chi connectivity index (χ4v) is 4.40. The number of rotatable bonds is 7. The molecule has 1 saturated heterocycles. The Hall–Kier alpha value is -0.470. The SMILES string of the molecule is CC(C)NCc1ccc(S(=O)(=O)NCC2CCCO2)s1. The second-order valence-corrected chi connectivity index (χ2v) is 8.41. The molecule has 1 atom stereocenters. The lowest BCUT2D eigenvalue weighted by atomic mass is 10.2. The van der Waals surface area contributed by atoms with Crippen LogP contribution in [0, 0.1) is 0 Å². The van der Waals surface area contributed by atoms with E-state index in [2.05, 4.69) is 23.9 Å². The summed E-state index contributed by atoms with van der Waals surface area (Å²) in [5.41, 5.74) is 0. The number of hydrogen-bond donors (Lipinski definition) is 2. The second-order valence-electron chi connectivity index (χ2n) is 5.24. The highest BCUT2D eigenvalue weighted by Crippen LogP contribution is 2.22. The van der Waals surface area contributed by atoms with E-state index in [1.165, 1.54) is 11.3 Å². The second kappa shape index (κ2) is 7.00. The fraction of sp³-hybridized carbons (Fsp3) is 0.692. The summed E-state index contributed by atoms with van der Waals surface area (Å²) in [7, 11) is -3.40. The van der Waals surface area contributed by atoms with Gasteiger partial charge in [-0.15, -0.1) is 11.3 Å². The van der Waals surface area contributed by atoms with E-state index in [1.54, 1.807) is 6.07 Å². The third-order valence-electron chi connectivity index (χ3n) is 3.11. The van der Waals surface area contributed by atoms with Gasteiger partial charge in [-0.1, -0.05) is 13.8 Å². The summed E-state index contributed by atoms with van der Waals surface area (Å²) in [4.78, 5) is 1.02. The molecule has 0 bridgehead atoms. The molecule has 1 aliphatic heterocycles. The molecule has 5 nitrogen and oxygen atoms in total. The van der Waals surface area contributed by atoms with Gasteiger partial charge in [0.2, 0.25) is 10.0 Å². The lowest BCUT2D eigenvalue weighted by Crippen LogP contribution is -2.31. The predicted octanol–water partition coefficient (Wildman–Crippen LogP) is 1.70. The Labute approximate surface area is 124 Å². The van der Waals surface area contributed by atoms with Crippen molar-refractivity contribution < 1.29 is 13.2 Å². The molecule has 1 fully saturated rings. The van der Waals surface area contributed by atoms with Crippen LogP contribution in [0.1, 0.15) is 31.6 Å². The molecule has 1 aromatic rings. The molecule has 2 N–H and O–H groups in total. The van der Waals surface area contributed by atoms with Gasteiger partial charge in [-0.25, -0.2) is 13.1 Å². The van der Waals surface area contributed by atoms with Gasteiger partial charge in [0.25, 0.3) is 0 Å². The van der Waals surface area contributed by atoms with E-state index < -0.39 is 10.0 Å². The molecule has 0 spiro atoms. The topological polar surface area (TPSA) is 67.4 Å². The van der Waals surface area contributed by atoms with E-state index in [4.69, 9.17) is 4.74 Å². The minimum atomic E-state index is -3.40. The van der Waals surface area contributed by atoms with Crippen molar-refractivity contribution in [2.45, 2.75) is 49.6 Å². The quantitative estimate of drug-likeness (QED) is 0.803. The van der Waals surface area contributed by atoms with Crippen LogP contribution >= 0.6 is 11.3 Å². The Morgan fingerprint density at radius 3 is 2.90 bits per heavy atom. The van der Waals surface area contributed by atoms with Crippen LogP contribution in [-0.2, 0) is 21.3 Å². The van der Waals surface area contributed by atoms with Crippen molar-refractivity contribution in [2.24, 2.45) is 0 Å². The highest BCUT2D eigenvalue weighted by atomic mass is 32.2. The minimum Gasteiger partial charge on any atom is -0.377 e. The van der Waals surface area contributed by atoms with Gasteiger partial charge in [-0.3, -0.25) is 0 Å². The third-order valence-corrected chi connectivity index (χ3v) is 6.11. The van der Waals surface area contributed by atoms with Crippen LogP contribution in [0.4, 0.5) is 0 Å². The van der Waals surface area contributed by atoms with Crippen molar-refractivity contribution in [2.75, 3.05) is 13.2 Å². The van der Waals surface area contributed by atoms with Gasteiger partial charge >= 0.3 is 0 Å². The van der Waals surface area contributed by atoms with Gasteiger partial charge in [0.1, 0.15) is 4.21 Å². The summed E-state index contributed by atoms with van der Waals surface area (Å²) in [6.45, 7) is 5.92. The molecule has 114 valence electrons. The van der Waals surface area contributed by atoms with Crippen LogP contribution in [0.2, 0.25) is 0 Å². The largest absolute Gasteiger partial charge is 0.377 e. The Kier molecular flexibility index (Phi) is 5.57. The molecule has 7 heteroatoms. The molecule has 0 amide bonds. The molecular weight excluding hydrogens is 296 g/mol. The van der Waals surface area contributed by atoms with E-state index in [1.807, 2.05) is 6.07 Å². The number of ether oxygens (including phenoxy) is 1. The highest BCUT2D eigenvalue weighted by Gasteiger charge is 2.21. The Balaban J connectivity index is 1.91. The van der Waals surface area contributed by atoms with E-state index >= 15 is 0 Å². The number of thiophene rings is 1. The number of nitrogens with one attached hydrogen (secondary N) is 2. The van der Waals surface area contributed by atoms with E-state index in [9.17, 15) is 8.42 Å². The van der Waals surface area contributed by atoms with Crippen LogP contribution in [0.15, 0.2) is 16.3 Å². The van der Waals surface area contributed by atoms with Crippen LogP contribution < -0.4 is 10.0 Å². The molecule has 1 aromatic heterocycles. The zero-order valence-corrected chi connectivity index (χ0v) is 13.5. The highest BCUT2D eigenvalue weighted by molar-refractivity contribution is 7.91. The lowest BCUT2D eigenvalue weighted by molar-refractivity contribution is 0.114. The Bertz CT molecular complexity index is 519. The fourth-order valence-electron chi connectivity index (χ4n) is 1.98. The Morgan fingerprint density at radius 2 is 2.25 bits per heavy atom. The van der Waals surface area contributed by atoms with Gasteiger partial charge in [0.05, 0.1) is 6.10 Å². The van der Waals surface area contributed by atoms with Crippen molar-refractivity contribution in [3.05, 3.63) is 17.0 Å². The smallest absolute Gasteiger partial charge is 0.250 e. The molecule has 0 aromatic carbocycles. The summed E-state index contributed by atoms with van der Waals surface area (Å²) >= 11 is 1.31. The number of hydrogen-bond acceptors (Lipinski definition) is 5. The average Bonchev–Trinajstić information content (AvgIpc) is 3.05. The maximum absolute atomic E-state index is 12.2. The van der Waals surface area contributed by atoms with Crippen LogP contribution in [0.5, 0.6) is 0 Å². The van der Waals surface area contributed by atoms with Gasteiger partial charge < -0.3 is 10.1 Å². The average molecular weight is 318 g/mol.